The number of methoxy groups -OCH3 is 1. The molecule has 176 valence electrons. The molecule has 3 aromatic carbocycles. The molecule has 3 heterocycles. The predicted molar refractivity (Wildman–Crippen MR) is 137 cm³/mol. The molecular formula is C27H20N6O3. The second kappa shape index (κ2) is 8.88. The summed E-state index contributed by atoms with van der Waals surface area (Å²) in [7, 11) is 1.63. The summed E-state index contributed by atoms with van der Waals surface area (Å²) in [5.74, 6) is 1.81. The molecule has 0 saturated carbocycles. The summed E-state index contributed by atoms with van der Waals surface area (Å²) in [6, 6.07) is 24.5. The van der Waals surface area contributed by atoms with Gasteiger partial charge in [0.05, 0.1) is 18.9 Å². The Labute approximate surface area is 205 Å². The van der Waals surface area contributed by atoms with E-state index in [9.17, 15) is 4.79 Å². The van der Waals surface area contributed by atoms with Crippen LogP contribution in [0, 0.1) is 0 Å². The monoisotopic (exact) mass is 476 g/mol. The van der Waals surface area contributed by atoms with Crippen LogP contribution in [0.1, 0.15) is 10.4 Å². The zero-order valence-corrected chi connectivity index (χ0v) is 19.2. The van der Waals surface area contributed by atoms with Crippen LogP contribution >= 0.6 is 0 Å². The summed E-state index contributed by atoms with van der Waals surface area (Å²) in [6.07, 6.45) is 2.87. The van der Waals surface area contributed by atoms with E-state index in [-0.39, 0.29) is 5.91 Å². The summed E-state index contributed by atoms with van der Waals surface area (Å²) in [4.78, 5) is 12.3. The fraction of sp³-hybridized carbons (Fsp3) is 0.0370. The molecule has 6 rings (SSSR count). The Hall–Kier alpha value is -5.18. The topological polar surface area (TPSA) is 107 Å². The van der Waals surface area contributed by atoms with Crippen LogP contribution in [-0.2, 0) is 0 Å². The number of ether oxygens (including phenoxy) is 1. The predicted octanol–water partition coefficient (Wildman–Crippen LogP) is 5.54. The Morgan fingerprint density at radius 3 is 2.36 bits per heavy atom. The summed E-state index contributed by atoms with van der Waals surface area (Å²) in [6.45, 7) is 0. The third-order valence-corrected chi connectivity index (χ3v) is 5.80. The first-order valence-electron chi connectivity index (χ1n) is 11.2. The Morgan fingerprint density at radius 1 is 0.889 bits per heavy atom. The second-order valence-corrected chi connectivity index (χ2v) is 8.05. The standard InChI is InChI=1S/C27H20N6O3/c1-35-21-12-6-17(7-13-21)25-30-31-26-23-5-3-2-4-22(23)24(32-33(25)26)28-19-8-10-20(11-9-19)29-27(34)18-14-15-36-16-18/h2-16H,1H3,(H,28,32)(H,29,34). The lowest BCUT2D eigenvalue weighted by Crippen LogP contribution is -2.10. The van der Waals surface area contributed by atoms with Gasteiger partial charge in [-0.2, -0.15) is 4.52 Å². The van der Waals surface area contributed by atoms with Crippen molar-refractivity contribution in [1.29, 1.82) is 0 Å². The molecule has 0 aliphatic rings. The summed E-state index contributed by atoms with van der Waals surface area (Å²) in [5.41, 5.74) is 3.48. The number of carbonyl (C=O) groups excluding carboxylic acids is 1. The van der Waals surface area contributed by atoms with Crippen LogP contribution in [0.5, 0.6) is 5.75 Å². The van der Waals surface area contributed by atoms with Gasteiger partial charge in [-0.1, -0.05) is 24.3 Å². The molecule has 0 radical (unpaired) electrons. The van der Waals surface area contributed by atoms with Gasteiger partial charge < -0.3 is 19.8 Å². The zero-order chi connectivity index (χ0) is 24.5. The van der Waals surface area contributed by atoms with Gasteiger partial charge in [-0.15, -0.1) is 15.3 Å². The van der Waals surface area contributed by atoms with Crippen LogP contribution in [0.4, 0.5) is 17.2 Å². The highest BCUT2D eigenvalue weighted by Gasteiger charge is 2.16. The third-order valence-electron chi connectivity index (χ3n) is 5.80. The molecule has 36 heavy (non-hydrogen) atoms. The molecular weight excluding hydrogens is 456 g/mol. The van der Waals surface area contributed by atoms with Gasteiger partial charge >= 0.3 is 0 Å². The van der Waals surface area contributed by atoms with Crippen molar-refractivity contribution < 1.29 is 13.9 Å². The number of aromatic nitrogens is 4. The number of fused-ring (bicyclic) bond motifs is 3. The Morgan fingerprint density at radius 2 is 1.64 bits per heavy atom. The van der Waals surface area contributed by atoms with Crippen molar-refractivity contribution >= 4 is 39.5 Å². The number of carbonyl (C=O) groups is 1. The number of amides is 1. The van der Waals surface area contributed by atoms with E-state index in [1.165, 1.54) is 12.5 Å². The van der Waals surface area contributed by atoms with Gasteiger partial charge in [0.15, 0.2) is 17.3 Å². The molecule has 1 amide bonds. The summed E-state index contributed by atoms with van der Waals surface area (Å²) >= 11 is 0. The normalized spacial score (nSPS) is 11.0. The van der Waals surface area contributed by atoms with Crippen molar-refractivity contribution in [3.8, 4) is 17.1 Å². The van der Waals surface area contributed by atoms with E-state index in [4.69, 9.17) is 14.3 Å². The highest BCUT2D eigenvalue weighted by Crippen LogP contribution is 2.30. The lowest BCUT2D eigenvalue weighted by atomic mass is 10.1. The molecule has 0 saturated heterocycles. The number of hydrogen-bond donors (Lipinski definition) is 2. The minimum Gasteiger partial charge on any atom is -0.497 e. The van der Waals surface area contributed by atoms with Crippen molar-refractivity contribution in [3.63, 3.8) is 0 Å². The first kappa shape index (κ1) is 21.4. The largest absolute Gasteiger partial charge is 0.497 e. The van der Waals surface area contributed by atoms with Gasteiger partial charge in [0.25, 0.3) is 5.91 Å². The lowest BCUT2D eigenvalue weighted by Gasteiger charge is -2.11. The molecule has 0 spiro atoms. The van der Waals surface area contributed by atoms with Crippen molar-refractivity contribution in [2.24, 2.45) is 0 Å². The number of nitrogens with zero attached hydrogens (tertiary/aromatic N) is 4. The average molecular weight is 476 g/mol. The molecule has 0 aliphatic heterocycles. The maximum Gasteiger partial charge on any atom is 0.258 e. The van der Waals surface area contributed by atoms with E-state index in [0.717, 1.165) is 27.8 Å². The van der Waals surface area contributed by atoms with E-state index in [0.29, 0.717) is 28.5 Å². The van der Waals surface area contributed by atoms with Gasteiger partial charge in [0.2, 0.25) is 0 Å². The van der Waals surface area contributed by atoms with E-state index < -0.39 is 0 Å². The molecule has 2 N–H and O–H groups in total. The van der Waals surface area contributed by atoms with Crippen molar-refractivity contribution in [3.05, 3.63) is 97.0 Å². The maximum atomic E-state index is 12.3. The van der Waals surface area contributed by atoms with Crippen molar-refractivity contribution in [1.82, 2.24) is 19.8 Å². The fourth-order valence-electron chi connectivity index (χ4n) is 3.96. The molecule has 0 bridgehead atoms. The number of furan rings is 1. The number of rotatable bonds is 6. The summed E-state index contributed by atoms with van der Waals surface area (Å²) < 4.78 is 12.0. The van der Waals surface area contributed by atoms with Gasteiger partial charge in [-0.05, 0) is 54.6 Å². The van der Waals surface area contributed by atoms with Crippen LogP contribution in [0.25, 0.3) is 27.8 Å². The first-order chi connectivity index (χ1) is 17.7. The van der Waals surface area contributed by atoms with Crippen molar-refractivity contribution in [2.75, 3.05) is 17.7 Å². The molecule has 0 aliphatic carbocycles. The molecule has 6 aromatic rings. The van der Waals surface area contributed by atoms with Crippen LogP contribution in [0.3, 0.4) is 0 Å². The van der Waals surface area contributed by atoms with Crippen molar-refractivity contribution in [2.45, 2.75) is 0 Å². The van der Waals surface area contributed by atoms with E-state index >= 15 is 0 Å². The van der Waals surface area contributed by atoms with E-state index in [1.54, 1.807) is 17.7 Å². The molecule has 0 unspecified atom stereocenters. The molecule has 9 heteroatoms. The average Bonchev–Trinajstić information content (AvgIpc) is 3.61. The molecule has 0 atom stereocenters. The van der Waals surface area contributed by atoms with E-state index in [1.807, 2.05) is 72.8 Å². The third kappa shape index (κ3) is 3.88. The van der Waals surface area contributed by atoms with Crippen LogP contribution in [0.15, 0.2) is 95.8 Å². The van der Waals surface area contributed by atoms with Gasteiger partial charge in [-0.25, -0.2) is 0 Å². The number of anilines is 3. The minimum absolute atomic E-state index is 0.235. The highest BCUT2D eigenvalue weighted by molar-refractivity contribution is 6.04. The maximum absolute atomic E-state index is 12.3. The quantitative estimate of drug-likeness (QED) is 0.325. The smallest absolute Gasteiger partial charge is 0.258 e. The fourth-order valence-corrected chi connectivity index (χ4v) is 3.96. The lowest BCUT2D eigenvalue weighted by molar-refractivity contribution is 0.102. The SMILES string of the molecule is COc1ccc(-c2nnc3c4ccccc4c(Nc4ccc(NC(=O)c5ccoc5)cc4)nn23)cc1. The highest BCUT2D eigenvalue weighted by atomic mass is 16.5. The van der Waals surface area contributed by atoms with E-state index in [2.05, 4.69) is 20.8 Å². The van der Waals surface area contributed by atoms with Crippen LogP contribution in [-0.4, -0.2) is 32.8 Å². The molecule has 3 aromatic heterocycles. The van der Waals surface area contributed by atoms with Crippen LogP contribution in [0.2, 0.25) is 0 Å². The Balaban J connectivity index is 1.35. The first-order valence-corrected chi connectivity index (χ1v) is 11.2. The summed E-state index contributed by atoms with van der Waals surface area (Å²) in [5, 5.41) is 21.8. The Bertz CT molecular complexity index is 1670. The van der Waals surface area contributed by atoms with Crippen LogP contribution < -0.4 is 15.4 Å². The van der Waals surface area contributed by atoms with Gasteiger partial charge in [0, 0.05) is 27.7 Å². The Kier molecular flexibility index (Phi) is 5.27. The van der Waals surface area contributed by atoms with Gasteiger partial charge in [-0.3, -0.25) is 4.79 Å². The second-order valence-electron chi connectivity index (χ2n) is 8.05. The number of hydrogen-bond acceptors (Lipinski definition) is 7. The number of nitrogens with one attached hydrogen (secondary N) is 2. The number of benzene rings is 3. The minimum atomic E-state index is -0.235. The van der Waals surface area contributed by atoms with Gasteiger partial charge in [0.1, 0.15) is 12.0 Å². The molecule has 0 fully saturated rings. The zero-order valence-electron chi connectivity index (χ0n) is 19.2. The molecule has 9 nitrogen and oxygen atoms in total.